The zero-order valence-corrected chi connectivity index (χ0v) is 21.3. The van der Waals surface area contributed by atoms with Gasteiger partial charge in [0.05, 0.1) is 24.4 Å². The summed E-state index contributed by atoms with van der Waals surface area (Å²) in [6, 6.07) is 15.1. The second-order valence-electron chi connectivity index (χ2n) is 9.46. The number of hydrogen-bond donors (Lipinski definition) is 2. The molecule has 4 aromatic rings. The quantitative estimate of drug-likeness (QED) is 0.361. The van der Waals surface area contributed by atoms with Crippen LogP contribution < -0.4 is 20.1 Å². The number of ether oxygens (including phenoxy) is 2. The van der Waals surface area contributed by atoms with E-state index in [1.54, 1.807) is 4.68 Å². The summed E-state index contributed by atoms with van der Waals surface area (Å²) in [7, 11) is 1.89. The molecule has 36 heavy (non-hydrogen) atoms. The van der Waals surface area contributed by atoms with Gasteiger partial charge in [-0.05, 0) is 64.1 Å². The molecule has 0 aliphatic carbocycles. The van der Waals surface area contributed by atoms with Crippen LogP contribution in [0.2, 0.25) is 0 Å². The molecule has 0 saturated carbocycles. The molecule has 0 unspecified atom stereocenters. The Morgan fingerprint density at radius 3 is 2.56 bits per heavy atom. The van der Waals surface area contributed by atoms with Crippen LogP contribution in [-0.4, -0.2) is 44.4 Å². The van der Waals surface area contributed by atoms with Crippen molar-refractivity contribution in [2.75, 3.05) is 18.5 Å². The lowest BCUT2D eigenvalue weighted by atomic mass is 10.1. The highest BCUT2D eigenvalue weighted by Crippen LogP contribution is 2.30. The summed E-state index contributed by atoms with van der Waals surface area (Å²) in [5.41, 5.74) is 2.14. The van der Waals surface area contributed by atoms with Gasteiger partial charge in [0, 0.05) is 29.7 Å². The molecule has 0 saturated heterocycles. The van der Waals surface area contributed by atoms with Crippen molar-refractivity contribution in [3.63, 3.8) is 0 Å². The lowest BCUT2D eigenvalue weighted by Crippen LogP contribution is -2.43. The van der Waals surface area contributed by atoms with Crippen LogP contribution in [0.25, 0.3) is 22.3 Å². The fourth-order valence-electron chi connectivity index (χ4n) is 3.69. The molecule has 0 aliphatic rings. The maximum atomic E-state index is 12.2. The van der Waals surface area contributed by atoms with E-state index < -0.39 is 0 Å². The van der Waals surface area contributed by atoms with Gasteiger partial charge in [0.2, 0.25) is 0 Å². The van der Waals surface area contributed by atoms with Crippen LogP contribution in [0.4, 0.5) is 5.82 Å². The summed E-state index contributed by atoms with van der Waals surface area (Å²) in [4.78, 5) is 21.8. The van der Waals surface area contributed by atoms with Crippen LogP contribution in [0.1, 0.15) is 33.4 Å². The number of fused-ring (bicyclic) bond motifs is 1. The molecule has 0 spiro atoms. The van der Waals surface area contributed by atoms with Gasteiger partial charge in [0.1, 0.15) is 17.3 Å². The van der Waals surface area contributed by atoms with E-state index in [4.69, 9.17) is 19.4 Å². The van der Waals surface area contributed by atoms with Crippen molar-refractivity contribution in [3.8, 4) is 22.9 Å². The molecule has 2 heterocycles. The Labute approximate surface area is 210 Å². The molecule has 2 aromatic carbocycles. The first kappa shape index (κ1) is 25.0. The average Bonchev–Trinajstić information content (AvgIpc) is 3.25. The van der Waals surface area contributed by atoms with Crippen molar-refractivity contribution >= 4 is 22.6 Å². The molecular weight excluding hydrogens is 456 g/mol. The van der Waals surface area contributed by atoms with Gasteiger partial charge in [-0.3, -0.25) is 9.48 Å². The number of amides is 1. The number of aryl methyl sites for hydroxylation is 1. The first-order valence-electron chi connectivity index (χ1n) is 11.9. The maximum absolute atomic E-state index is 12.2. The Bertz CT molecular complexity index is 1360. The second kappa shape index (κ2) is 10.6. The molecule has 0 radical (unpaired) electrons. The molecule has 4 rings (SSSR count). The molecule has 2 N–H and O–H groups in total. The standard InChI is InChI=1S/C27H32N6O3/c1-6-35-21-10-11-23-22(15-21)26(28-16-19-12-13-33(5)32-19)30-25(29-23)18-8-7-9-20(14-18)36-17-24(34)31-27(2,3)4/h7-15H,6,16-17H2,1-5H3,(H,31,34)(H,28,29,30). The smallest absolute Gasteiger partial charge is 0.258 e. The Balaban J connectivity index is 1.63. The number of carbonyl (C=O) groups excluding carboxylic acids is 1. The second-order valence-corrected chi connectivity index (χ2v) is 9.46. The number of hydrogen-bond acceptors (Lipinski definition) is 7. The summed E-state index contributed by atoms with van der Waals surface area (Å²) in [5, 5.41) is 11.6. The first-order chi connectivity index (χ1) is 17.2. The molecule has 9 heteroatoms. The minimum Gasteiger partial charge on any atom is -0.494 e. The number of anilines is 1. The summed E-state index contributed by atoms with van der Waals surface area (Å²) >= 11 is 0. The highest BCUT2D eigenvalue weighted by atomic mass is 16.5. The number of nitrogens with zero attached hydrogens (tertiary/aromatic N) is 4. The van der Waals surface area contributed by atoms with Crippen molar-refractivity contribution in [1.29, 1.82) is 0 Å². The monoisotopic (exact) mass is 488 g/mol. The fraction of sp³-hybridized carbons (Fsp3) is 0.333. The predicted molar refractivity (Wildman–Crippen MR) is 140 cm³/mol. The molecule has 1 amide bonds. The zero-order chi connectivity index (χ0) is 25.7. The Morgan fingerprint density at radius 2 is 1.83 bits per heavy atom. The molecule has 0 atom stereocenters. The largest absolute Gasteiger partial charge is 0.494 e. The lowest BCUT2D eigenvalue weighted by Gasteiger charge is -2.20. The van der Waals surface area contributed by atoms with Gasteiger partial charge in [0.25, 0.3) is 5.91 Å². The molecule has 2 aromatic heterocycles. The summed E-state index contributed by atoms with van der Waals surface area (Å²) in [6.45, 7) is 8.75. The number of rotatable bonds is 9. The van der Waals surface area contributed by atoms with Crippen LogP contribution >= 0.6 is 0 Å². The molecule has 188 valence electrons. The average molecular weight is 489 g/mol. The van der Waals surface area contributed by atoms with Gasteiger partial charge >= 0.3 is 0 Å². The van der Waals surface area contributed by atoms with Gasteiger partial charge in [0.15, 0.2) is 12.4 Å². The lowest BCUT2D eigenvalue weighted by molar-refractivity contribution is -0.124. The van der Waals surface area contributed by atoms with Crippen LogP contribution in [0.3, 0.4) is 0 Å². The van der Waals surface area contributed by atoms with Gasteiger partial charge in [-0.25, -0.2) is 9.97 Å². The first-order valence-corrected chi connectivity index (χ1v) is 11.9. The topological polar surface area (TPSA) is 103 Å². The highest BCUT2D eigenvalue weighted by molar-refractivity contribution is 5.91. The molecule has 0 aliphatic heterocycles. The van der Waals surface area contributed by atoms with E-state index in [0.29, 0.717) is 30.5 Å². The maximum Gasteiger partial charge on any atom is 0.258 e. The van der Waals surface area contributed by atoms with E-state index in [1.807, 2.05) is 89.5 Å². The molecule has 9 nitrogen and oxygen atoms in total. The van der Waals surface area contributed by atoms with Crippen LogP contribution in [0.5, 0.6) is 11.5 Å². The van der Waals surface area contributed by atoms with E-state index in [9.17, 15) is 4.79 Å². The van der Waals surface area contributed by atoms with Crippen molar-refractivity contribution < 1.29 is 14.3 Å². The Morgan fingerprint density at radius 1 is 1.03 bits per heavy atom. The highest BCUT2D eigenvalue weighted by Gasteiger charge is 2.15. The number of carbonyl (C=O) groups is 1. The van der Waals surface area contributed by atoms with Gasteiger partial charge in [-0.1, -0.05) is 12.1 Å². The van der Waals surface area contributed by atoms with Crippen molar-refractivity contribution in [2.24, 2.45) is 7.05 Å². The van der Waals surface area contributed by atoms with Gasteiger partial charge in [-0.15, -0.1) is 0 Å². The third-order valence-electron chi connectivity index (χ3n) is 5.16. The van der Waals surface area contributed by atoms with E-state index >= 15 is 0 Å². The SMILES string of the molecule is CCOc1ccc2nc(-c3cccc(OCC(=O)NC(C)(C)C)c3)nc(NCc3ccn(C)n3)c2c1. The number of aromatic nitrogens is 4. The minimum atomic E-state index is -0.318. The zero-order valence-electron chi connectivity index (χ0n) is 21.3. The molecular formula is C27H32N6O3. The third kappa shape index (κ3) is 6.50. The molecule has 0 fully saturated rings. The van der Waals surface area contributed by atoms with Crippen LogP contribution in [0.15, 0.2) is 54.7 Å². The normalized spacial score (nSPS) is 11.4. The summed E-state index contributed by atoms with van der Waals surface area (Å²) in [5.74, 6) is 2.36. The predicted octanol–water partition coefficient (Wildman–Crippen LogP) is 4.33. The van der Waals surface area contributed by atoms with Gasteiger partial charge < -0.3 is 20.1 Å². The Hall–Kier alpha value is -4.14. The Kier molecular flexibility index (Phi) is 7.38. The van der Waals surface area contributed by atoms with E-state index in [1.165, 1.54) is 0 Å². The van der Waals surface area contributed by atoms with Crippen LogP contribution in [0, 0.1) is 0 Å². The van der Waals surface area contributed by atoms with E-state index in [2.05, 4.69) is 15.7 Å². The van der Waals surface area contributed by atoms with E-state index in [-0.39, 0.29) is 18.1 Å². The summed E-state index contributed by atoms with van der Waals surface area (Å²) in [6.07, 6.45) is 1.90. The van der Waals surface area contributed by atoms with Crippen molar-refractivity contribution in [3.05, 3.63) is 60.4 Å². The van der Waals surface area contributed by atoms with Gasteiger partial charge in [-0.2, -0.15) is 5.10 Å². The van der Waals surface area contributed by atoms with Crippen molar-refractivity contribution in [1.82, 2.24) is 25.1 Å². The van der Waals surface area contributed by atoms with Crippen molar-refractivity contribution in [2.45, 2.75) is 39.8 Å². The third-order valence-corrected chi connectivity index (χ3v) is 5.16. The fourth-order valence-corrected chi connectivity index (χ4v) is 3.69. The molecule has 0 bridgehead atoms. The summed E-state index contributed by atoms with van der Waals surface area (Å²) < 4.78 is 13.2. The number of benzene rings is 2. The minimum absolute atomic E-state index is 0.0730. The van der Waals surface area contributed by atoms with E-state index in [0.717, 1.165) is 27.9 Å². The number of nitrogens with one attached hydrogen (secondary N) is 2. The van der Waals surface area contributed by atoms with Crippen LogP contribution in [-0.2, 0) is 18.4 Å².